The number of halogens is 1. The van der Waals surface area contributed by atoms with E-state index >= 15 is 0 Å². The molecule has 0 spiro atoms. The van der Waals surface area contributed by atoms with Crippen molar-refractivity contribution in [2.75, 3.05) is 14.2 Å². The standard InChI is InChI=1S/C22H22ClN3O3/c1-26-13-12-24-22(26)21(17-6-4-5-7-19(17)29-3)25-20(27)11-8-15-14-16(23)9-10-18(15)28-2/h4-14,21H,1-3H3,(H,25,27)/b11-8+. The van der Waals surface area contributed by atoms with E-state index in [2.05, 4.69) is 10.3 Å². The Hall–Kier alpha value is -3.25. The van der Waals surface area contributed by atoms with Crippen molar-refractivity contribution < 1.29 is 14.3 Å². The highest BCUT2D eigenvalue weighted by molar-refractivity contribution is 6.30. The van der Waals surface area contributed by atoms with Crippen LogP contribution in [-0.4, -0.2) is 29.7 Å². The molecule has 1 heterocycles. The lowest BCUT2D eigenvalue weighted by Crippen LogP contribution is -2.30. The summed E-state index contributed by atoms with van der Waals surface area (Å²) in [7, 11) is 5.05. The van der Waals surface area contributed by atoms with E-state index in [4.69, 9.17) is 21.1 Å². The van der Waals surface area contributed by atoms with E-state index < -0.39 is 6.04 Å². The first kappa shape index (κ1) is 20.5. The average molecular weight is 412 g/mol. The molecule has 1 atom stereocenters. The largest absolute Gasteiger partial charge is 0.496 e. The van der Waals surface area contributed by atoms with Crippen molar-refractivity contribution in [2.24, 2.45) is 7.05 Å². The number of aromatic nitrogens is 2. The molecule has 3 rings (SSSR count). The summed E-state index contributed by atoms with van der Waals surface area (Å²) < 4.78 is 12.7. The van der Waals surface area contributed by atoms with Gasteiger partial charge in [-0.05, 0) is 30.3 Å². The second kappa shape index (κ2) is 9.30. The minimum atomic E-state index is -0.482. The van der Waals surface area contributed by atoms with Crippen LogP contribution >= 0.6 is 11.6 Å². The molecular weight excluding hydrogens is 390 g/mol. The number of hydrogen-bond donors (Lipinski definition) is 1. The molecule has 2 aromatic carbocycles. The molecule has 0 fully saturated rings. The van der Waals surface area contributed by atoms with E-state index in [0.29, 0.717) is 27.9 Å². The minimum absolute atomic E-state index is 0.286. The first-order chi connectivity index (χ1) is 14.0. The van der Waals surface area contributed by atoms with Gasteiger partial charge in [-0.15, -0.1) is 0 Å². The van der Waals surface area contributed by atoms with E-state index in [9.17, 15) is 4.79 Å². The Balaban J connectivity index is 1.90. The normalized spacial score (nSPS) is 12.0. The molecule has 1 N–H and O–H groups in total. The van der Waals surface area contributed by atoms with Gasteiger partial charge in [-0.2, -0.15) is 0 Å². The number of ether oxygens (including phenoxy) is 2. The lowest BCUT2D eigenvalue weighted by atomic mass is 10.0. The fourth-order valence-corrected chi connectivity index (χ4v) is 3.21. The van der Waals surface area contributed by atoms with Gasteiger partial charge in [0.2, 0.25) is 5.91 Å². The van der Waals surface area contributed by atoms with Crippen LogP contribution in [0.4, 0.5) is 0 Å². The predicted octanol–water partition coefficient (Wildman–Crippen LogP) is 4.01. The number of para-hydroxylation sites is 1. The molecule has 0 saturated heterocycles. The molecule has 3 aromatic rings. The van der Waals surface area contributed by atoms with Gasteiger partial charge in [0.05, 0.1) is 14.2 Å². The Morgan fingerprint density at radius 3 is 2.62 bits per heavy atom. The maximum Gasteiger partial charge on any atom is 0.244 e. The number of carbonyl (C=O) groups excluding carboxylic acids is 1. The lowest BCUT2D eigenvalue weighted by Gasteiger charge is -2.20. The van der Waals surface area contributed by atoms with Gasteiger partial charge in [-0.3, -0.25) is 4.79 Å². The van der Waals surface area contributed by atoms with E-state index in [1.54, 1.807) is 44.7 Å². The maximum atomic E-state index is 12.7. The van der Waals surface area contributed by atoms with Crippen molar-refractivity contribution in [3.05, 3.63) is 82.9 Å². The molecule has 1 aromatic heterocycles. The second-order valence-electron chi connectivity index (χ2n) is 6.30. The number of nitrogens with one attached hydrogen (secondary N) is 1. The van der Waals surface area contributed by atoms with Crippen LogP contribution in [0.5, 0.6) is 11.5 Å². The molecule has 150 valence electrons. The monoisotopic (exact) mass is 411 g/mol. The summed E-state index contributed by atoms with van der Waals surface area (Å²) in [4.78, 5) is 17.2. The highest BCUT2D eigenvalue weighted by Gasteiger charge is 2.23. The van der Waals surface area contributed by atoms with Crippen LogP contribution < -0.4 is 14.8 Å². The fraction of sp³-hybridized carbons (Fsp3) is 0.182. The first-order valence-electron chi connectivity index (χ1n) is 8.95. The molecule has 0 aliphatic heterocycles. The summed E-state index contributed by atoms with van der Waals surface area (Å²) in [5.74, 6) is 1.70. The van der Waals surface area contributed by atoms with Gasteiger partial charge in [0.25, 0.3) is 0 Å². The quantitative estimate of drug-likeness (QED) is 0.596. The average Bonchev–Trinajstić information content (AvgIpc) is 3.16. The Morgan fingerprint density at radius 1 is 1.17 bits per heavy atom. The van der Waals surface area contributed by atoms with Crippen LogP contribution in [-0.2, 0) is 11.8 Å². The van der Waals surface area contributed by atoms with E-state index in [0.717, 1.165) is 5.56 Å². The highest BCUT2D eigenvalue weighted by Crippen LogP contribution is 2.29. The topological polar surface area (TPSA) is 65.4 Å². The third-order valence-electron chi connectivity index (χ3n) is 4.46. The predicted molar refractivity (Wildman–Crippen MR) is 113 cm³/mol. The van der Waals surface area contributed by atoms with Crippen LogP contribution in [0.15, 0.2) is 60.9 Å². The summed E-state index contributed by atoms with van der Waals surface area (Å²) in [5.41, 5.74) is 1.52. The zero-order chi connectivity index (χ0) is 20.8. The molecule has 6 nitrogen and oxygen atoms in total. The zero-order valence-electron chi connectivity index (χ0n) is 16.4. The van der Waals surface area contributed by atoms with Gasteiger partial charge < -0.3 is 19.4 Å². The molecule has 0 aliphatic rings. The van der Waals surface area contributed by atoms with Crippen molar-refractivity contribution >= 4 is 23.6 Å². The number of amides is 1. The van der Waals surface area contributed by atoms with Crippen LogP contribution in [0, 0.1) is 0 Å². The van der Waals surface area contributed by atoms with Crippen LogP contribution in [0.2, 0.25) is 5.02 Å². The summed E-state index contributed by atoms with van der Waals surface area (Å²) in [6.07, 6.45) is 6.63. The molecule has 0 radical (unpaired) electrons. The van der Waals surface area contributed by atoms with Gasteiger partial charge in [0.1, 0.15) is 23.4 Å². The van der Waals surface area contributed by atoms with Gasteiger partial charge >= 0.3 is 0 Å². The molecule has 0 aliphatic carbocycles. The minimum Gasteiger partial charge on any atom is -0.496 e. The van der Waals surface area contributed by atoms with E-state index in [-0.39, 0.29) is 5.91 Å². The van der Waals surface area contributed by atoms with Gasteiger partial charge in [-0.1, -0.05) is 29.8 Å². The molecule has 1 amide bonds. The van der Waals surface area contributed by atoms with Crippen LogP contribution in [0.3, 0.4) is 0 Å². The lowest BCUT2D eigenvalue weighted by molar-refractivity contribution is -0.117. The number of hydrogen-bond acceptors (Lipinski definition) is 4. The smallest absolute Gasteiger partial charge is 0.244 e. The van der Waals surface area contributed by atoms with Crippen molar-refractivity contribution in [1.29, 1.82) is 0 Å². The molecule has 0 bridgehead atoms. The summed E-state index contributed by atoms with van der Waals surface area (Å²) in [5, 5.41) is 3.57. The molecule has 0 saturated carbocycles. The van der Waals surface area contributed by atoms with Crippen molar-refractivity contribution in [2.45, 2.75) is 6.04 Å². The van der Waals surface area contributed by atoms with Crippen molar-refractivity contribution in [3.8, 4) is 11.5 Å². The Kier molecular flexibility index (Phi) is 6.57. The molecule has 1 unspecified atom stereocenters. The Bertz CT molecular complexity index is 1030. The number of rotatable bonds is 7. The van der Waals surface area contributed by atoms with Gasteiger partial charge in [-0.25, -0.2) is 4.98 Å². The number of benzene rings is 2. The summed E-state index contributed by atoms with van der Waals surface area (Å²) >= 11 is 6.06. The summed E-state index contributed by atoms with van der Waals surface area (Å²) in [6, 6.07) is 12.3. The van der Waals surface area contributed by atoms with Gasteiger partial charge in [0, 0.05) is 41.7 Å². The summed E-state index contributed by atoms with van der Waals surface area (Å²) in [6.45, 7) is 0. The number of aryl methyl sites for hydroxylation is 1. The highest BCUT2D eigenvalue weighted by atomic mass is 35.5. The van der Waals surface area contributed by atoms with Crippen LogP contribution in [0.1, 0.15) is 23.0 Å². The third kappa shape index (κ3) is 4.78. The van der Waals surface area contributed by atoms with Crippen molar-refractivity contribution in [3.63, 3.8) is 0 Å². The van der Waals surface area contributed by atoms with Crippen molar-refractivity contribution in [1.82, 2.24) is 14.9 Å². The van der Waals surface area contributed by atoms with Crippen LogP contribution in [0.25, 0.3) is 6.08 Å². The number of nitrogens with zero attached hydrogens (tertiary/aromatic N) is 2. The molecule has 29 heavy (non-hydrogen) atoms. The Labute approximate surface area is 174 Å². The van der Waals surface area contributed by atoms with Gasteiger partial charge in [0.15, 0.2) is 0 Å². The number of carbonyl (C=O) groups is 1. The number of methoxy groups -OCH3 is 2. The fourth-order valence-electron chi connectivity index (χ4n) is 3.03. The molecule has 7 heteroatoms. The molecular formula is C22H22ClN3O3. The first-order valence-corrected chi connectivity index (χ1v) is 9.33. The maximum absolute atomic E-state index is 12.7. The third-order valence-corrected chi connectivity index (χ3v) is 4.69. The van der Waals surface area contributed by atoms with E-state index in [1.807, 2.05) is 42.1 Å². The van der Waals surface area contributed by atoms with E-state index in [1.165, 1.54) is 6.08 Å². The number of imidazole rings is 1. The SMILES string of the molecule is COc1ccc(Cl)cc1/C=C/C(=O)NC(c1ccccc1OC)c1nccn1C. The zero-order valence-corrected chi connectivity index (χ0v) is 17.2. The second-order valence-corrected chi connectivity index (χ2v) is 6.74. The Morgan fingerprint density at radius 2 is 1.93 bits per heavy atom.